The number of hydroxylamine groups is 1. The highest BCUT2D eigenvalue weighted by atomic mass is 35.5. The molecular formula is C15H11ClF3N3O5. The van der Waals surface area contributed by atoms with Crippen molar-refractivity contribution in [3.05, 3.63) is 56.5 Å². The zero-order valence-corrected chi connectivity index (χ0v) is 14.3. The Morgan fingerprint density at radius 2 is 2.00 bits per heavy atom. The first-order valence-corrected chi connectivity index (χ1v) is 7.50. The zero-order chi connectivity index (χ0) is 20.4. The fraction of sp³-hybridized carbons (Fsp3) is 0.200. The quantitative estimate of drug-likeness (QED) is 0.736. The predicted molar refractivity (Wildman–Crippen MR) is 85.6 cm³/mol. The Morgan fingerprint density at radius 1 is 1.33 bits per heavy atom. The summed E-state index contributed by atoms with van der Waals surface area (Å²) in [5.41, 5.74) is -1.54. The highest BCUT2D eigenvalue weighted by Crippen LogP contribution is 2.35. The van der Waals surface area contributed by atoms with E-state index in [0.29, 0.717) is 6.07 Å². The molecule has 0 spiro atoms. The Bertz CT molecular complexity index is 959. The smallest absolute Gasteiger partial charge is 0.418 e. The van der Waals surface area contributed by atoms with Gasteiger partial charge in [-0.05, 0) is 25.1 Å². The van der Waals surface area contributed by atoms with Gasteiger partial charge in [0.25, 0.3) is 5.91 Å². The van der Waals surface area contributed by atoms with Crippen LogP contribution >= 0.6 is 11.6 Å². The lowest BCUT2D eigenvalue weighted by Gasteiger charge is -2.17. The van der Waals surface area contributed by atoms with Gasteiger partial charge in [0, 0.05) is 16.8 Å². The first-order valence-electron chi connectivity index (χ1n) is 7.12. The van der Waals surface area contributed by atoms with Crippen molar-refractivity contribution in [1.29, 1.82) is 0 Å². The van der Waals surface area contributed by atoms with E-state index in [0.717, 1.165) is 16.8 Å². The van der Waals surface area contributed by atoms with Gasteiger partial charge < -0.3 is 5.11 Å². The Morgan fingerprint density at radius 3 is 2.59 bits per heavy atom. The van der Waals surface area contributed by atoms with Crippen molar-refractivity contribution in [3.8, 4) is 5.69 Å². The number of rotatable bonds is 5. The number of aryl methyl sites for hydroxylation is 1. The second-order valence-corrected chi connectivity index (χ2v) is 5.62. The molecule has 2 aromatic rings. The van der Waals surface area contributed by atoms with Crippen LogP contribution in [0.15, 0.2) is 29.1 Å². The second kappa shape index (κ2) is 7.76. The second-order valence-electron chi connectivity index (χ2n) is 5.18. The molecule has 1 aromatic heterocycles. The van der Waals surface area contributed by atoms with Crippen LogP contribution in [-0.2, 0) is 15.8 Å². The minimum atomic E-state index is -4.77. The molecule has 27 heavy (non-hydrogen) atoms. The number of hydrogen-bond acceptors (Lipinski definition) is 5. The number of carbonyl (C=O) groups is 2. The molecule has 0 fully saturated rings. The fourth-order valence-electron chi connectivity index (χ4n) is 2.08. The lowest BCUT2D eigenvalue weighted by molar-refractivity contribution is -0.144. The molecule has 144 valence electrons. The summed E-state index contributed by atoms with van der Waals surface area (Å²) in [5, 5.41) is 11.9. The molecule has 0 saturated heterocycles. The highest BCUT2D eigenvalue weighted by molar-refractivity contribution is 6.30. The normalized spacial score (nSPS) is 11.3. The molecule has 0 aliphatic heterocycles. The third-order valence-corrected chi connectivity index (χ3v) is 3.41. The maximum atomic E-state index is 13.3. The summed E-state index contributed by atoms with van der Waals surface area (Å²) in [6.45, 7) is 0.437. The van der Waals surface area contributed by atoms with Gasteiger partial charge in [-0.2, -0.15) is 18.3 Å². The van der Waals surface area contributed by atoms with E-state index in [9.17, 15) is 27.6 Å². The number of carboxylic acid groups (broad SMARTS) is 1. The maximum Gasteiger partial charge on any atom is 0.418 e. The van der Waals surface area contributed by atoms with Crippen molar-refractivity contribution in [3.63, 3.8) is 0 Å². The van der Waals surface area contributed by atoms with Crippen molar-refractivity contribution < 1.29 is 32.7 Å². The van der Waals surface area contributed by atoms with Gasteiger partial charge >= 0.3 is 12.1 Å². The summed E-state index contributed by atoms with van der Waals surface area (Å²) in [5.74, 6) is -2.60. The van der Waals surface area contributed by atoms with Crippen molar-refractivity contribution in [2.45, 2.75) is 13.1 Å². The molecule has 0 aliphatic rings. The van der Waals surface area contributed by atoms with E-state index in [1.54, 1.807) is 5.48 Å². The Kier molecular flexibility index (Phi) is 5.86. The molecule has 1 heterocycles. The zero-order valence-electron chi connectivity index (χ0n) is 13.5. The van der Waals surface area contributed by atoms with Crippen LogP contribution in [0, 0.1) is 6.92 Å². The SMILES string of the molecule is Cc1cc(=O)c(C(=O)NOCC(=O)O)nn1-c1ccc(Cl)cc1C(F)(F)F. The van der Waals surface area contributed by atoms with Gasteiger partial charge in [0.1, 0.15) is 0 Å². The summed E-state index contributed by atoms with van der Waals surface area (Å²) >= 11 is 5.63. The number of halogens is 4. The van der Waals surface area contributed by atoms with Crippen molar-refractivity contribution in [1.82, 2.24) is 15.3 Å². The number of hydrogen-bond donors (Lipinski definition) is 2. The summed E-state index contributed by atoms with van der Waals surface area (Å²) in [6, 6.07) is 3.83. The van der Waals surface area contributed by atoms with E-state index in [1.165, 1.54) is 13.0 Å². The van der Waals surface area contributed by atoms with Crippen molar-refractivity contribution >= 4 is 23.5 Å². The van der Waals surface area contributed by atoms with Gasteiger partial charge in [0.2, 0.25) is 5.43 Å². The molecule has 2 rings (SSSR count). The van der Waals surface area contributed by atoms with Crippen LogP contribution in [-0.4, -0.2) is 33.4 Å². The van der Waals surface area contributed by atoms with E-state index in [2.05, 4.69) is 9.94 Å². The van der Waals surface area contributed by atoms with Gasteiger partial charge in [-0.15, -0.1) is 0 Å². The maximum absolute atomic E-state index is 13.3. The lowest BCUT2D eigenvalue weighted by Crippen LogP contribution is -2.33. The third kappa shape index (κ3) is 4.83. The molecule has 0 unspecified atom stereocenters. The molecule has 1 amide bonds. The summed E-state index contributed by atoms with van der Waals surface area (Å²) < 4.78 is 40.7. The molecule has 0 aliphatic carbocycles. The molecule has 0 atom stereocenters. The molecule has 0 radical (unpaired) electrons. The van der Waals surface area contributed by atoms with Gasteiger partial charge in [-0.1, -0.05) is 11.6 Å². The molecule has 1 aromatic carbocycles. The van der Waals surface area contributed by atoms with Gasteiger partial charge in [-0.3, -0.25) is 14.4 Å². The summed E-state index contributed by atoms with van der Waals surface area (Å²) in [7, 11) is 0. The summed E-state index contributed by atoms with van der Waals surface area (Å²) in [6.07, 6.45) is -4.77. The number of aromatic nitrogens is 2. The van der Waals surface area contributed by atoms with Crippen LogP contribution < -0.4 is 10.9 Å². The fourth-order valence-corrected chi connectivity index (χ4v) is 2.25. The van der Waals surface area contributed by atoms with Crippen LogP contribution in [0.2, 0.25) is 5.02 Å². The number of carboxylic acids is 1. The molecule has 12 heteroatoms. The van der Waals surface area contributed by atoms with Crippen LogP contribution in [0.3, 0.4) is 0 Å². The molecule has 0 saturated carbocycles. The number of alkyl halides is 3. The molecule has 0 bridgehead atoms. The van der Waals surface area contributed by atoms with E-state index in [-0.39, 0.29) is 10.7 Å². The summed E-state index contributed by atoms with van der Waals surface area (Å²) in [4.78, 5) is 38.6. The van der Waals surface area contributed by atoms with Gasteiger partial charge in [-0.25, -0.2) is 15.0 Å². The first kappa shape index (κ1) is 20.4. The first-order chi connectivity index (χ1) is 12.5. The van der Waals surface area contributed by atoms with Gasteiger partial charge in [0.05, 0.1) is 11.3 Å². The van der Waals surface area contributed by atoms with Crippen molar-refractivity contribution in [2.24, 2.45) is 0 Å². The monoisotopic (exact) mass is 405 g/mol. The van der Waals surface area contributed by atoms with Crippen LogP contribution in [0.5, 0.6) is 0 Å². The number of nitrogens with one attached hydrogen (secondary N) is 1. The van der Waals surface area contributed by atoms with Crippen LogP contribution in [0.25, 0.3) is 5.69 Å². The predicted octanol–water partition coefficient (Wildman–Crippen LogP) is 1.96. The number of aliphatic carboxylic acids is 1. The third-order valence-electron chi connectivity index (χ3n) is 3.18. The minimum absolute atomic E-state index is 0.0239. The largest absolute Gasteiger partial charge is 0.479 e. The molecular weight excluding hydrogens is 395 g/mol. The minimum Gasteiger partial charge on any atom is -0.479 e. The number of amides is 1. The molecule has 2 N–H and O–H groups in total. The highest BCUT2D eigenvalue weighted by Gasteiger charge is 2.35. The number of carbonyl (C=O) groups excluding carboxylic acids is 1. The number of benzene rings is 1. The van der Waals surface area contributed by atoms with Gasteiger partial charge in [0.15, 0.2) is 12.3 Å². The Labute approximate surface area is 154 Å². The average molecular weight is 406 g/mol. The van der Waals surface area contributed by atoms with E-state index < -0.39 is 47.0 Å². The standard InChI is InChI=1S/C15H11ClF3N3O5/c1-7-4-11(23)13(14(26)21-27-6-12(24)25)20-22(7)10-3-2-8(16)5-9(10)15(17,18)19/h2-5H,6H2,1H3,(H,21,26)(H,24,25). The molecule has 8 nitrogen and oxygen atoms in total. The number of nitrogens with zero attached hydrogens (tertiary/aromatic N) is 2. The van der Waals surface area contributed by atoms with Crippen molar-refractivity contribution in [2.75, 3.05) is 6.61 Å². The van der Waals surface area contributed by atoms with Crippen LogP contribution in [0.1, 0.15) is 21.7 Å². The Balaban J connectivity index is 2.53. The van der Waals surface area contributed by atoms with E-state index in [1.807, 2.05) is 0 Å². The topological polar surface area (TPSA) is 111 Å². The van der Waals surface area contributed by atoms with E-state index in [4.69, 9.17) is 16.7 Å². The van der Waals surface area contributed by atoms with Crippen LogP contribution in [0.4, 0.5) is 13.2 Å². The average Bonchev–Trinajstić information content (AvgIpc) is 2.54. The van der Waals surface area contributed by atoms with E-state index >= 15 is 0 Å². The lowest BCUT2D eigenvalue weighted by atomic mass is 10.1. The Hall–Kier alpha value is -2.92.